The summed E-state index contributed by atoms with van der Waals surface area (Å²) < 4.78 is 0. The lowest BCUT2D eigenvalue weighted by molar-refractivity contribution is 0.469. The third-order valence-electron chi connectivity index (χ3n) is 1.89. The first-order chi connectivity index (χ1) is 7.65. The first-order valence-corrected chi connectivity index (χ1v) is 5.02. The van der Waals surface area contributed by atoms with Gasteiger partial charge in [0.2, 0.25) is 0 Å². The van der Waals surface area contributed by atoms with Gasteiger partial charge in [0.1, 0.15) is 5.75 Å². The molecular formula is C11H10ClN3O. The molecule has 5 heteroatoms. The molecule has 0 fully saturated rings. The highest BCUT2D eigenvalue weighted by Gasteiger charge is 2.03. The van der Waals surface area contributed by atoms with Crippen LogP contribution in [-0.2, 0) is 0 Å². The molecule has 82 valence electrons. The van der Waals surface area contributed by atoms with Crippen molar-refractivity contribution >= 4 is 11.6 Å². The van der Waals surface area contributed by atoms with E-state index in [2.05, 4.69) is 21.9 Å². The fraction of sp³-hybridized carbons (Fsp3) is 0.273. The zero-order chi connectivity index (χ0) is 12.0. The molecule has 0 saturated carbocycles. The average molecular weight is 236 g/mol. The van der Waals surface area contributed by atoms with E-state index in [0.717, 1.165) is 0 Å². The van der Waals surface area contributed by atoms with Gasteiger partial charge in [0.25, 0.3) is 0 Å². The number of hydrogen-bond acceptors (Lipinski definition) is 2. The van der Waals surface area contributed by atoms with Gasteiger partial charge in [0.05, 0.1) is 5.56 Å². The van der Waals surface area contributed by atoms with Crippen LogP contribution in [0.2, 0.25) is 5.02 Å². The molecule has 0 heterocycles. The van der Waals surface area contributed by atoms with Crippen LogP contribution in [-0.4, -0.2) is 11.7 Å². The maximum absolute atomic E-state index is 9.68. The van der Waals surface area contributed by atoms with Crippen LogP contribution in [0, 0.1) is 18.8 Å². The number of halogens is 1. The smallest absolute Gasteiger partial charge is 0.134 e. The third kappa shape index (κ3) is 3.39. The largest absolute Gasteiger partial charge is 0.506 e. The highest BCUT2D eigenvalue weighted by atomic mass is 35.5. The number of nitrogens with zero attached hydrogens (tertiary/aromatic N) is 3. The van der Waals surface area contributed by atoms with Gasteiger partial charge in [0, 0.05) is 22.9 Å². The highest BCUT2D eigenvalue weighted by Crippen LogP contribution is 2.25. The summed E-state index contributed by atoms with van der Waals surface area (Å²) in [6, 6.07) is 3.27. The monoisotopic (exact) mass is 235 g/mol. The second-order valence-corrected chi connectivity index (χ2v) is 3.56. The van der Waals surface area contributed by atoms with Gasteiger partial charge < -0.3 is 5.11 Å². The SMILES string of the molecule is Cc1cc(Cl)cc(C#CCCN=[N+]=[N-])c1O. The summed E-state index contributed by atoms with van der Waals surface area (Å²) in [5.41, 5.74) is 9.23. The summed E-state index contributed by atoms with van der Waals surface area (Å²) in [5, 5.41) is 13.6. The maximum Gasteiger partial charge on any atom is 0.134 e. The second-order valence-electron chi connectivity index (χ2n) is 3.13. The molecule has 0 atom stereocenters. The molecule has 1 rings (SSSR count). The van der Waals surface area contributed by atoms with Crippen molar-refractivity contribution < 1.29 is 5.11 Å². The molecule has 0 aliphatic carbocycles. The first-order valence-electron chi connectivity index (χ1n) is 4.64. The van der Waals surface area contributed by atoms with Crippen molar-refractivity contribution in [2.75, 3.05) is 6.54 Å². The summed E-state index contributed by atoms with van der Waals surface area (Å²) in [5.74, 6) is 5.72. The Morgan fingerprint density at radius 2 is 2.31 bits per heavy atom. The minimum Gasteiger partial charge on any atom is -0.506 e. The highest BCUT2D eigenvalue weighted by molar-refractivity contribution is 6.30. The predicted molar refractivity (Wildman–Crippen MR) is 63.4 cm³/mol. The number of azide groups is 1. The van der Waals surface area contributed by atoms with Crippen molar-refractivity contribution in [3.63, 3.8) is 0 Å². The molecular weight excluding hydrogens is 226 g/mol. The van der Waals surface area contributed by atoms with Gasteiger partial charge in [-0.05, 0) is 30.2 Å². The van der Waals surface area contributed by atoms with E-state index in [1.165, 1.54) is 0 Å². The molecule has 0 saturated heterocycles. The summed E-state index contributed by atoms with van der Waals surface area (Å²) >= 11 is 5.84. The molecule has 0 bridgehead atoms. The number of phenolic OH excluding ortho intramolecular Hbond substituents is 1. The van der Waals surface area contributed by atoms with Crippen molar-refractivity contribution in [3.05, 3.63) is 38.7 Å². The van der Waals surface area contributed by atoms with E-state index >= 15 is 0 Å². The van der Waals surface area contributed by atoms with Crippen LogP contribution in [0.5, 0.6) is 5.75 Å². The van der Waals surface area contributed by atoms with Crippen LogP contribution < -0.4 is 0 Å². The molecule has 0 spiro atoms. The number of aryl methyl sites for hydroxylation is 1. The van der Waals surface area contributed by atoms with Crippen LogP contribution in [0.1, 0.15) is 17.5 Å². The zero-order valence-corrected chi connectivity index (χ0v) is 9.49. The Morgan fingerprint density at radius 3 is 3.00 bits per heavy atom. The Hall–Kier alpha value is -1.82. The summed E-state index contributed by atoms with van der Waals surface area (Å²) in [6.07, 6.45) is 0.453. The van der Waals surface area contributed by atoms with Gasteiger partial charge in [0.15, 0.2) is 0 Å². The Balaban J connectivity index is 2.84. The molecule has 0 aromatic heterocycles. The fourth-order valence-corrected chi connectivity index (χ4v) is 1.41. The molecule has 1 aromatic rings. The van der Waals surface area contributed by atoms with Crippen molar-refractivity contribution in [2.45, 2.75) is 13.3 Å². The average Bonchev–Trinajstić information content (AvgIpc) is 2.24. The third-order valence-corrected chi connectivity index (χ3v) is 2.11. The van der Waals surface area contributed by atoms with Crippen LogP contribution >= 0.6 is 11.6 Å². The Labute approximate surface area is 98.5 Å². The first kappa shape index (κ1) is 12.3. The van der Waals surface area contributed by atoms with Crippen LogP contribution in [0.25, 0.3) is 10.4 Å². The van der Waals surface area contributed by atoms with Gasteiger partial charge >= 0.3 is 0 Å². The number of aromatic hydroxyl groups is 1. The number of benzene rings is 1. The Morgan fingerprint density at radius 1 is 1.56 bits per heavy atom. The number of hydrogen-bond donors (Lipinski definition) is 1. The van der Waals surface area contributed by atoms with Gasteiger partial charge in [-0.3, -0.25) is 0 Å². The van der Waals surface area contributed by atoms with Crippen LogP contribution in [0.4, 0.5) is 0 Å². The van der Waals surface area contributed by atoms with Gasteiger partial charge in [-0.1, -0.05) is 28.6 Å². The molecule has 4 nitrogen and oxygen atoms in total. The van der Waals surface area contributed by atoms with E-state index < -0.39 is 0 Å². The maximum atomic E-state index is 9.68. The van der Waals surface area contributed by atoms with E-state index in [-0.39, 0.29) is 5.75 Å². The molecule has 16 heavy (non-hydrogen) atoms. The van der Waals surface area contributed by atoms with Crippen molar-refractivity contribution in [1.29, 1.82) is 0 Å². The summed E-state index contributed by atoms with van der Waals surface area (Å²) in [7, 11) is 0. The van der Waals surface area contributed by atoms with Crippen LogP contribution in [0.3, 0.4) is 0 Å². The van der Waals surface area contributed by atoms with Crippen molar-refractivity contribution in [3.8, 4) is 17.6 Å². The van der Waals surface area contributed by atoms with E-state index in [1.807, 2.05) is 0 Å². The number of phenols is 1. The normalized spacial score (nSPS) is 8.88. The molecule has 0 aliphatic rings. The molecule has 0 radical (unpaired) electrons. The lowest BCUT2D eigenvalue weighted by Gasteiger charge is -2.01. The second kappa shape index (κ2) is 5.92. The van der Waals surface area contributed by atoms with Gasteiger partial charge in [-0.15, -0.1) is 0 Å². The lowest BCUT2D eigenvalue weighted by atomic mass is 10.1. The van der Waals surface area contributed by atoms with Gasteiger partial charge in [-0.2, -0.15) is 0 Å². The van der Waals surface area contributed by atoms with Crippen molar-refractivity contribution in [1.82, 2.24) is 0 Å². The summed E-state index contributed by atoms with van der Waals surface area (Å²) in [4.78, 5) is 2.61. The Bertz CT molecular complexity index is 496. The molecule has 1 aromatic carbocycles. The van der Waals surface area contributed by atoms with E-state index in [0.29, 0.717) is 29.1 Å². The quantitative estimate of drug-likeness (QED) is 0.276. The number of rotatable bonds is 2. The predicted octanol–water partition coefficient (Wildman–Crippen LogP) is 3.41. The zero-order valence-electron chi connectivity index (χ0n) is 8.74. The van der Waals surface area contributed by atoms with E-state index in [9.17, 15) is 5.11 Å². The molecule has 1 N–H and O–H groups in total. The van der Waals surface area contributed by atoms with Crippen LogP contribution in [0.15, 0.2) is 17.2 Å². The minimum atomic E-state index is 0.140. The molecule has 0 aliphatic heterocycles. The molecule has 0 amide bonds. The molecule has 0 unspecified atom stereocenters. The van der Waals surface area contributed by atoms with Crippen molar-refractivity contribution in [2.24, 2.45) is 5.11 Å². The standard InChI is InChI=1S/C11H10ClN3O/c1-8-6-10(12)7-9(11(8)16)4-2-3-5-14-15-13/h6-7,16H,3,5H2,1H3. The topological polar surface area (TPSA) is 69.0 Å². The summed E-state index contributed by atoms with van der Waals surface area (Å²) in [6.45, 7) is 2.08. The Kier molecular flexibility index (Phi) is 4.53. The minimum absolute atomic E-state index is 0.140. The van der Waals surface area contributed by atoms with E-state index in [1.54, 1.807) is 19.1 Å². The van der Waals surface area contributed by atoms with E-state index in [4.69, 9.17) is 17.1 Å². The van der Waals surface area contributed by atoms with Gasteiger partial charge in [-0.25, -0.2) is 0 Å². The lowest BCUT2D eigenvalue weighted by Crippen LogP contribution is -1.82. The fourth-order valence-electron chi connectivity index (χ4n) is 1.14.